The fraction of sp³-hybridized carbons (Fsp3) is 0.154. The monoisotopic (exact) mass is 262 g/mol. The summed E-state index contributed by atoms with van der Waals surface area (Å²) in [5.74, 6) is -1.91. The lowest BCUT2D eigenvalue weighted by atomic mass is 10.1. The highest BCUT2D eigenvalue weighted by molar-refractivity contribution is 6.12. The number of amides is 3. The number of nitrogens with zero attached hydrogens (tertiary/aromatic N) is 1. The van der Waals surface area contributed by atoms with Gasteiger partial charge in [0.15, 0.2) is 0 Å². The van der Waals surface area contributed by atoms with Crippen molar-refractivity contribution in [2.45, 2.75) is 6.92 Å². The van der Waals surface area contributed by atoms with E-state index < -0.39 is 23.5 Å². The molecule has 1 heterocycles. The molecule has 1 fully saturated rings. The lowest BCUT2D eigenvalue weighted by Gasteiger charge is -2.25. The number of hydrogen-bond donors (Lipinski definition) is 1. The SMILES string of the molecule is CC(=O)N1CC(=O)N/C(=C/c2ccc(F)cc2)C1=O. The Bertz CT molecular complexity index is 578. The summed E-state index contributed by atoms with van der Waals surface area (Å²) in [6.45, 7) is 0.931. The van der Waals surface area contributed by atoms with Gasteiger partial charge in [-0.1, -0.05) is 12.1 Å². The average molecular weight is 262 g/mol. The van der Waals surface area contributed by atoms with Gasteiger partial charge in [0.2, 0.25) is 11.8 Å². The van der Waals surface area contributed by atoms with Crippen LogP contribution in [-0.4, -0.2) is 29.2 Å². The summed E-state index contributed by atoms with van der Waals surface area (Å²) in [5, 5.41) is 2.40. The zero-order valence-electron chi connectivity index (χ0n) is 10.1. The highest BCUT2D eigenvalue weighted by Gasteiger charge is 2.30. The van der Waals surface area contributed by atoms with E-state index in [2.05, 4.69) is 5.32 Å². The fourth-order valence-corrected chi connectivity index (χ4v) is 1.68. The Hall–Kier alpha value is -2.50. The number of benzene rings is 1. The number of piperazine rings is 1. The first-order valence-corrected chi connectivity index (χ1v) is 5.57. The Morgan fingerprint density at radius 1 is 1.32 bits per heavy atom. The van der Waals surface area contributed by atoms with Gasteiger partial charge in [-0.05, 0) is 23.8 Å². The maximum absolute atomic E-state index is 12.8. The third-order valence-corrected chi connectivity index (χ3v) is 2.61. The van der Waals surface area contributed by atoms with Crippen LogP contribution in [-0.2, 0) is 14.4 Å². The van der Waals surface area contributed by atoms with Crippen LogP contribution in [0.2, 0.25) is 0 Å². The Balaban J connectivity index is 2.32. The molecule has 6 heteroatoms. The van der Waals surface area contributed by atoms with Crippen molar-refractivity contribution >= 4 is 23.8 Å². The maximum Gasteiger partial charge on any atom is 0.277 e. The Morgan fingerprint density at radius 2 is 1.95 bits per heavy atom. The summed E-state index contributed by atoms with van der Waals surface area (Å²) in [6, 6.07) is 5.41. The zero-order chi connectivity index (χ0) is 14.0. The number of nitrogens with one attached hydrogen (secondary N) is 1. The van der Waals surface area contributed by atoms with Crippen LogP contribution in [0.15, 0.2) is 30.0 Å². The van der Waals surface area contributed by atoms with Crippen molar-refractivity contribution in [2.75, 3.05) is 6.54 Å². The molecule has 5 nitrogen and oxygen atoms in total. The van der Waals surface area contributed by atoms with Crippen LogP contribution < -0.4 is 5.32 Å². The lowest BCUT2D eigenvalue weighted by molar-refractivity contribution is -0.147. The van der Waals surface area contributed by atoms with E-state index >= 15 is 0 Å². The molecule has 1 aromatic carbocycles. The molecule has 0 unspecified atom stereocenters. The van der Waals surface area contributed by atoms with Gasteiger partial charge in [0, 0.05) is 6.92 Å². The predicted molar refractivity (Wildman–Crippen MR) is 64.9 cm³/mol. The number of carbonyl (C=O) groups excluding carboxylic acids is 3. The summed E-state index contributed by atoms with van der Waals surface area (Å²) in [6.07, 6.45) is 1.40. The molecule has 0 saturated carbocycles. The van der Waals surface area contributed by atoms with Gasteiger partial charge in [0.1, 0.15) is 18.1 Å². The van der Waals surface area contributed by atoms with Gasteiger partial charge in [-0.25, -0.2) is 4.39 Å². The standard InChI is InChI=1S/C13H11FN2O3/c1-8(17)16-7-12(18)15-11(13(16)19)6-9-2-4-10(14)5-3-9/h2-6H,7H2,1H3,(H,15,18)/b11-6+. The van der Waals surface area contributed by atoms with E-state index in [-0.39, 0.29) is 12.2 Å². The zero-order valence-corrected chi connectivity index (χ0v) is 10.1. The first-order valence-electron chi connectivity index (χ1n) is 5.57. The van der Waals surface area contributed by atoms with Crippen LogP contribution in [0, 0.1) is 5.82 Å². The molecule has 19 heavy (non-hydrogen) atoms. The summed E-state index contributed by atoms with van der Waals surface area (Å²) in [7, 11) is 0. The van der Waals surface area contributed by atoms with Crippen LogP contribution in [0.1, 0.15) is 12.5 Å². The minimum Gasteiger partial charge on any atom is -0.320 e. The molecule has 0 aromatic heterocycles. The molecule has 0 bridgehead atoms. The van der Waals surface area contributed by atoms with Gasteiger partial charge in [0.25, 0.3) is 5.91 Å². The van der Waals surface area contributed by atoms with E-state index in [0.29, 0.717) is 5.56 Å². The van der Waals surface area contributed by atoms with Gasteiger partial charge in [0.05, 0.1) is 0 Å². The maximum atomic E-state index is 12.8. The first kappa shape index (κ1) is 12.9. The highest BCUT2D eigenvalue weighted by atomic mass is 19.1. The summed E-state index contributed by atoms with van der Waals surface area (Å²) in [4.78, 5) is 35.5. The number of halogens is 1. The number of imide groups is 1. The van der Waals surface area contributed by atoms with Crippen molar-refractivity contribution in [1.82, 2.24) is 10.2 Å². The smallest absolute Gasteiger partial charge is 0.277 e. The predicted octanol–water partition coefficient (Wildman–Crippen LogP) is 0.671. The van der Waals surface area contributed by atoms with E-state index in [1.54, 1.807) is 0 Å². The highest BCUT2D eigenvalue weighted by Crippen LogP contribution is 2.12. The summed E-state index contributed by atoms with van der Waals surface area (Å²) >= 11 is 0. The Kier molecular flexibility index (Phi) is 3.41. The van der Waals surface area contributed by atoms with E-state index in [0.717, 1.165) is 4.90 Å². The quantitative estimate of drug-likeness (QED) is 0.756. The van der Waals surface area contributed by atoms with E-state index in [1.165, 1.54) is 37.3 Å². The van der Waals surface area contributed by atoms with Gasteiger partial charge in [-0.3, -0.25) is 19.3 Å². The molecule has 1 aromatic rings. The van der Waals surface area contributed by atoms with Gasteiger partial charge < -0.3 is 5.32 Å². The lowest BCUT2D eigenvalue weighted by Crippen LogP contribution is -2.51. The second-order valence-corrected chi connectivity index (χ2v) is 4.07. The molecule has 0 spiro atoms. The third-order valence-electron chi connectivity index (χ3n) is 2.61. The molecule has 0 radical (unpaired) electrons. The van der Waals surface area contributed by atoms with Crippen molar-refractivity contribution in [1.29, 1.82) is 0 Å². The molecule has 0 atom stereocenters. The van der Waals surface area contributed by atoms with Crippen LogP contribution >= 0.6 is 0 Å². The second-order valence-electron chi connectivity index (χ2n) is 4.07. The Morgan fingerprint density at radius 3 is 2.53 bits per heavy atom. The molecule has 98 valence electrons. The molecule has 1 aliphatic rings. The van der Waals surface area contributed by atoms with E-state index in [4.69, 9.17) is 0 Å². The summed E-state index contributed by atoms with van der Waals surface area (Å²) in [5.41, 5.74) is 0.550. The molecule has 0 aliphatic carbocycles. The molecule has 1 N–H and O–H groups in total. The minimum atomic E-state index is -0.573. The Labute approximate surface area is 108 Å². The van der Waals surface area contributed by atoms with Crippen LogP contribution in [0.5, 0.6) is 0 Å². The van der Waals surface area contributed by atoms with Crippen LogP contribution in [0.3, 0.4) is 0 Å². The van der Waals surface area contributed by atoms with E-state index in [1.807, 2.05) is 0 Å². The van der Waals surface area contributed by atoms with Crippen molar-refractivity contribution in [2.24, 2.45) is 0 Å². The van der Waals surface area contributed by atoms with Crippen molar-refractivity contribution in [3.05, 3.63) is 41.3 Å². The van der Waals surface area contributed by atoms with E-state index in [9.17, 15) is 18.8 Å². The average Bonchev–Trinajstić information content (AvgIpc) is 2.35. The molecule has 1 saturated heterocycles. The van der Waals surface area contributed by atoms with Crippen molar-refractivity contribution in [3.63, 3.8) is 0 Å². The largest absolute Gasteiger partial charge is 0.320 e. The van der Waals surface area contributed by atoms with Gasteiger partial charge >= 0.3 is 0 Å². The van der Waals surface area contributed by atoms with Crippen LogP contribution in [0.25, 0.3) is 6.08 Å². The third kappa shape index (κ3) is 2.85. The molecule has 3 amide bonds. The topological polar surface area (TPSA) is 66.5 Å². The van der Waals surface area contributed by atoms with Gasteiger partial charge in [-0.15, -0.1) is 0 Å². The molecular weight excluding hydrogens is 251 g/mol. The molecule has 1 aliphatic heterocycles. The second kappa shape index (κ2) is 5.01. The summed E-state index contributed by atoms with van der Waals surface area (Å²) < 4.78 is 12.8. The normalized spacial score (nSPS) is 17.6. The molecule has 2 rings (SSSR count). The van der Waals surface area contributed by atoms with Gasteiger partial charge in [-0.2, -0.15) is 0 Å². The van der Waals surface area contributed by atoms with Crippen molar-refractivity contribution in [3.8, 4) is 0 Å². The number of hydrogen-bond acceptors (Lipinski definition) is 3. The van der Waals surface area contributed by atoms with Crippen molar-refractivity contribution < 1.29 is 18.8 Å². The first-order chi connectivity index (χ1) is 8.97. The molecular formula is C13H11FN2O3. The van der Waals surface area contributed by atoms with Crippen LogP contribution in [0.4, 0.5) is 4.39 Å². The minimum absolute atomic E-state index is 0.00180. The number of rotatable bonds is 1. The number of carbonyl (C=O) groups is 3. The fourth-order valence-electron chi connectivity index (χ4n) is 1.68.